The zero-order valence-electron chi connectivity index (χ0n) is 15.6. The summed E-state index contributed by atoms with van der Waals surface area (Å²) in [5.41, 5.74) is -0.618. The van der Waals surface area contributed by atoms with Gasteiger partial charge in [-0.1, -0.05) is 35.4 Å². The van der Waals surface area contributed by atoms with Crippen molar-refractivity contribution in [2.45, 2.75) is 59.1 Å². The van der Waals surface area contributed by atoms with Crippen LogP contribution in [-0.2, 0) is 14.3 Å². The van der Waals surface area contributed by atoms with Gasteiger partial charge in [-0.15, -0.1) is 0 Å². The molecule has 0 aliphatic heterocycles. The lowest BCUT2D eigenvalue weighted by Crippen LogP contribution is -2.49. The van der Waals surface area contributed by atoms with E-state index >= 15 is 0 Å². The van der Waals surface area contributed by atoms with Gasteiger partial charge < -0.3 is 20.5 Å². The van der Waals surface area contributed by atoms with Crippen LogP contribution in [0.1, 0.15) is 47.5 Å². The van der Waals surface area contributed by atoms with Crippen LogP contribution in [0.15, 0.2) is 0 Å². The average molecular weight is 395 g/mol. The maximum absolute atomic E-state index is 12.3. The number of nitrogens with one attached hydrogen (secondary N) is 2. The van der Waals surface area contributed by atoms with Gasteiger partial charge in [-0.05, 0) is 33.1 Å². The lowest BCUT2D eigenvalue weighted by atomic mass is 10.0. The third-order valence-electron chi connectivity index (χ3n) is 2.68. The first kappa shape index (κ1) is 23.9. The number of hydrogen-bond acceptors (Lipinski definition) is 6. The van der Waals surface area contributed by atoms with Gasteiger partial charge in [0.25, 0.3) is 0 Å². The van der Waals surface area contributed by atoms with Crippen molar-refractivity contribution < 1.29 is 24.2 Å². The summed E-state index contributed by atoms with van der Waals surface area (Å²) in [4.78, 5) is 34.6. The van der Waals surface area contributed by atoms with Crippen molar-refractivity contribution in [1.29, 1.82) is 0 Å². The molecule has 0 saturated heterocycles. The van der Waals surface area contributed by atoms with Gasteiger partial charge in [0.1, 0.15) is 11.6 Å². The molecule has 25 heavy (non-hydrogen) atoms. The summed E-state index contributed by atoms with van der Waals surface area (Å²) < 4.78 is 5.20. The molecule has 0 bridgehead atoms. The predicted octanol–water partition coefficient (Wildman–Crippen LogP) is 2.90. The first-order valence-corrected chi connectivity index (χ1v) is 10.7. The fourth-order valence-electron chi connectivity index (χ4n) is 1.74. The highest BCUT2D eigenvalue weighted by molar-refractivity contribution is 8.76. The molecule has 9 heteroatoms. The first-order chi connectivity index (χ1) is 11.5. The summed E-state index contributed by atoms with van der Waals surface area (Å²) in [6, 6.07) is -0.639. The number of amides is 2. The quantitative estimate of drug-likeness (QED) is 0.365. The van der Waals surface area contributed by atoms with E-state index in [2.05, 4.69) is 10.6 Å². The van der Waals surface area contributed by atoms with Crippen LogP contribution < -0.4 is 10.6 Å². The van der Waals surface area contributed by atoms with E-state index < -0.39 is 23.7 Å². The SMILES string of the molecule is CC(C)C[C@@H](NC(=O)OC(C)(C)C)C(=O)NCCSSCCC(=O)O. The Hall–Kier alpha value is -1.09. The molecule has 0 radical (unpaired) electrons. The average Bonchev–Trinajstić information content (AvgIpc) is 2.42. The number of carboxylic acids is 1. The molecule has 0 aliphatic carbocycles. The zero-order chi connectivity index (χ0) is 19.5. The molecule has 2 amide bonds. The van der Waals surface area contributed by atoms with Gasteiger partial charge in [-0.2, -0.15) is 0 Å². The number of carbonyl (C=O) groups is 3. The molecule has 0 heterocycles. The van der Waals surface area contributed by atoms with E-state index in [0.29, 0.717) is 24.5 Å². The molecule has 7 nitrogen and oxygen atoms in total. The van der Waals surface area contributed by atoms with Crippen molar-refractivity contribution >= 4 is 39.6 Å². The van der Waals surface area contributed by atoms with E-state index in [-0.39, 0.29) is 18.2 Å². The van der Waals surface area contributed by atoms with Crippen LogP contribution in [0, 0.1) is 5.92 Å². The number of rotatable bonds is 11. The Kier molecular flexibility index (Phi) is 11.8. The minimum atomic E-state index is -0.814. The Morgan fingerprint density at radius 3 is 2.24 bits per heavy atom. The number of carboxylic acid groups (broad SMARTS) is 1. The summed E-state index contributed by atoms with van der Waals surface area (Å²) >= 11 is 0. The molecular weight excluding hydrogens is 364 g/mol. The van der Waals surface area contributed by atoms with E-state index in [1.807, 2.05) is 13.8 Å². The number of carbonyl (C=O) groups excluding carboxylic acids is 2. The van der Waals surface area contributed by atoms with Gasteiger partial charge >= 0.3 is 12.1 Å². The van der Waals surface area contributed by atoms with E-state index in [1.54, 1.807) is 20.8 Å². The maximum atomic E-state index is 12.3. The molecule has 0 aromatic rings. The topological polar surface area (TPSA) is 105 Å². The minimum Gasteiger partial charge on any atom is -0.481 e. The van der Waals surface area contributed by atoms with Crippen molar-refractivity contribution in [3.05, 3.63) is 0 Å². The van der Waals surface area contributed by atoms with Gasteiger partial charge in [0, 0.05) is 18.1 Å². The molecule has 0 spiro atoms. The second-order valence-corrected chi connectivity index (χ2v) is 9.61. The third kappa shape index (κ3) is 14.9. The molecule has 0 aromatic carbocycles. The smallest absolute Gasteiger partial charge is 0.408 e. The number of hydrogen-bond donors (Lipinski definition) is 3. The molecule has 0 saturated carbocycles. The molecule has 0 aromatic heterocycles. The number of aliphatic carboxylic acids is 1. The lowest BCUT2D eigenvalue weighted by molar-refractivity contribution is -0.136. The highest BCUT2D eigenvalue weighted by Crippen LogP contribution is 2.21. The van der Waals surface area contributed by atoms with Crippen LogP contribution in [0.5, 0.6) is 0 Å². The molecule has 0 aliphatic rings. The van der Waals surface area contributed by atoms with E-state index in [1.165, 1.54) is 21.6 Å². The normalized spacial score (nSPS) is 12.6. The Balaban J connectivity index is 4.22. The summed E-state index contributed by atoms with van der Waals surface area (Å²) in [7, 11) is 2.98. The van der Waals surface area contributed by atoms with Crippen LogP contribution in [0.3, 0.4) is 0 Å². The Labute approximate surface area is 157 Å². The van der Waals surface area contributed by atoms with E-state index in [9.17, 15) is 14.4 Å². The van der Waals surface area contributed by atoms with Crippen molar-refractivity contribution in [3.63, 3.8) is 0 Å². The van der Waals surface area contributed by atoms with Crippen LogP contribution in [0.2, 0.25) is 0 Å². The summed E-state index contributed by atoms with van der Waals surface area (Å²) in [5, 5.41) is 14.0. The fraction of sp³-hybridized carbons (Fsp3) is 0.812. The summed E-state index contributed by atoms with van der Waals surface area (Å²) in [6.45, 7) is 9.71. The van der Waals surface area contributed by atoms with Crippen molar-refractivity contribution in [3.8, 4) is 0 Å². The van der Waals surface area contributed by atoms with E-state index in [0.717, 1.165) is 0 Å². The molecule has 0 rings (SSSR count). The lowest BCUT2D eigenvalue weighted by Gasteiger charge is -2.24. The molecule has 146 valence electrons. The predicted molar refractivity (Wildman–Crippen MR) is 103 cm³/mol. The Bertz CT molecular complexity index is 439. The van der Waals surface area contributed by atoms with Crippen LogP contribution in [-0.4, -0.2) is 52.8 Å². The van der Waals surface area contributed by atoms with Crippen LogP contribution in [0.25, 0.3) is 0 Å². The second-order valence-electron chi connectivity index (χ2n) is 6.91. The Morgan fingerprint density at radius 1 is 1.12 bits per heavy atom. The minimum absolute atomic E-state index is 0.125. The highest BCUT2D eigenvalue weighted by atomic mass is 33.1. The van der Waals surface area contributed by atoms with Gasteiger partial charge in [0.2, 0.25) is 5.91 Å². The monoisotopic (exact) mass is 394 g/mol. The molecule has 3 N–H and O–H groups in total. The van der Waals surface area contributed by atoms with Gasteiger partial charge in [0.15, 0.2) is 0 Å². The molecule has 1 atom stereocenters. The highest BCUT2D eigenvalue weighted by Gasteiger charge is 2.24. The maximum Gasteiger partial charge on any atom is 0.408 e. The van der Waals surface area contributed by atoms with Gasteiger partial charge in [-0.3, -0.25) is 9.59 Å². The number of ether oxygens (including phenoxy) is 1. The fourth-order valence-corrected chi connectivity index (χ4v) is 3.62. The van der Waals surface area contributed by atoms with Crippen molar-refractivity contribution in [1.82, 2.24) is 10.6 Å². The summed E-state index contributed by atoms with van der Waals surface area (Å²) in [5.74, 6) is 0.384. The van der Waals surface area contributed by atoms with Crippen LogP contribution >= 0.6 is 21.6 Å². The second kappa shape index (κ2) is 12.3. The molecule has 0 unspecified atom stereocenters. The van der Waals surface area contributed by atoms with E-state index in [4.69, 9.17) is 9.84 Å². The number of alkyl carbamates (subject to hydrolysis) is 1. The molecular formula is C16H30N2O5S2. The summed E-state index contributed by atoms with van der Waals surface area (Å²) in [6.07, 6.45) is 0.0400. The van der Waals surface area contributed by atoms with Crippen molar-refractivity contribution in [2.75, 3.05) is 18.1 Å². The van der Waals surface area contributed by atoms with Gasteiger partial charge in [-0.25, -0.2) is 4.79 Å². The van der Waals surface area contributed by atoms with Crippen LogP contribution in [0.4, 0.5) is 4.79 Å². The van der Waals surface area contributed by atoms with Crippen molar-refractivity contribution in [2.24, 2.45) is 5.92 Å². The zero-order valence-corrected chi connectivity index (χ0v) is 17.2. The first-order valence-electron chi connectivity index (χ1n) is 8.24. The third-order valence-corrected chi connectivity index (χ3v) is 5.09. The largest absolute Gasteiger partial charge is 0.481 e. The standard InChI is InChI=1S/C16H30N2O5S2/c1-11(2)10-12(18-15(22)23-16(3,4)5)14(21)17-7-9-25-24-8-6-13(19)20/h11-12H,6-10H2,1-5H3,(H,17,21)(H,18,22)(H,19,20)/t12-/m1/s1. The van der Waals surface area contributed by atoms with Gasteiger partial charge in [0.05, 0.1) is 6.42 Å². The molecule has 0 fully saturated rings. The Morgan fingerprint density at radius 2 is 1.72 bits per heavy atom.